The van der Waals surface area contributed by atoms with Gasteiger partial charge in [-0.3, -0.25) is 4.79 Å². The zero-order valence-corrected chi connectivity index (χ0v) is 12.8. The number of benzene rings is 2. The highest BCUT2D eigenvalue weighted by Crippen LogP contribution is 2.26. The van der Waals surface area contributed by atoms with Crippen LogP contribution in [0.2, 0.25) is 0 Å². The lowest BCUT2D eigenvalue weighted by molar-refractivity contribution is 0.112. The predicted molar refractivity (Wildman–Crippen MR) is 79.7 cm³/mol. The molecular formula is C16H14BrFO2. The van der Waals surface area contributed by atoms with Crippen molar-refractivity contribution in [1.82, 2.24) is 0 Å². The topological polar surface area (TPSA) is 26.3 Å². The van der Waals surface area contributed by atoms with Crippen LogP contribution in [0.4, 0.5) is 4.39 Å². The van der Waals surface area contributed by atoms with Gasteiger partial charge in [0.2, 0.25) is 0 Å². The van der Waals surface area contributed by atoms with Crippen molar-refractivity contribution in [3.63, 3.8) is 0 Å². The second-order valence-electron chi connectivity index (χ2n) is 4.63. The molecule has 2 aromatic rings. The standard InChI is InChI=1S/C16H14BrFO2/c1-10-5-12(8-19)6-11(2)16(10)20-9-13-7-14(17)3-4-15(13)18/h3-8H,9H2,1-2H3. The second-order valence-corrected chi connectivity index (χ2v) is 5.54. The fourth-order valence-electron chi connectivity index (χ4n) is 2.08. The molecule has 2 rings (SSSR count). The van der Waals surface area contributed by atoms with Crippen molar-refractivity contribution < 1.29 is 13.9 Å². The molecule has 0 aliphatic rings. The van der Waals surface area contributed by atoms with Gasteiger partial charge in [0.15, 0.2) is 0 Å². The maximum Gasteiger partial charge on any atom is 0.150 e. The molecule has 0 unspecified atom stereocenters. The molecule has 0 fully saturated rings. The minimum atomic E-state index is -0.298. The summed E-state index contributed by atoms with van der Waals surface area (Å²) in [6.07, 6.45) is 0.803. The first kappa shape index (κ1) is 14.7. The number of aryl methyl sites for hydroxylation is 2. The first-order chi connectivity index (χ1) is 9.51. The Kier molecular flexibility index (Phi) is 4.55. The van der Waals surface area contributed by atoms with E-state index in [9.17, 15) is 9.18 Å². The van der Waals surface area contributed by atoms with Gasteiger partial charge in [-0.15, -0.1) is 0 Å². The highest BCUT2D eigenvalue weighted by atomic mass is 79.9. The largest absolute Gasteiger partial charge is 0.488 e. The van der Waals surface area contributed by atoms with E-state index >= 15 is 0 Å². The summed E-state index contributed by atoms with van der Waals surface area (Å²) in [5.41, 5.74) is 2.82. The van der Waals surface area contributed by atoms with E-state index in [1.54, 1.807) is 24.3 Å². The van der Waals surface area contributed by atoms with Gasteiger partial charge >= 0.3 is 0 Å². The van der Waals surface area contributed by atoms with Gasteiger partial charge in [-0.05, 0) is 55.3 Å². The fourth-order valence-corrected chi connectivity index (χ4v) is 2.49. The first-order valence-electron chi connectivity index (χ1n) is 6.14. The third-order valence-corrected chi connectivity index (χ3v) is 3.49. The van der Waals surface area contributed by atoms with Crippen LogP contribution in [-0.4, -0.2) is 6.29 Å². The van der Waals surface area contributed by atoms with E-state index in [2.05, 4.69) is 15.9 Å². The lowest BCUT2D eigenvalue weighted by Gasteiger charge is -2.13. The Hall–Kier alpha value is -1.68. The summed E-state index contributed by atoms with van der Waals surface area (Å²) in [5.74, 6) is 0.392. The van der Waals surface area contributed by atoms with Crippen LogP contribution >= 0.6 is 15.9 Å². The molecular weight excluding hydrogens is 323 g/mol. The smallest absolute Gasteiger partial charge is 0.150 e. The molecule has 0 heterocycles. The molecule has 20 heavy (non-hydrogen) atoms. The summed E-state index contributed by atoms with van der Waals surface area (Å²) < 4.78 is 20.2. The van der Waals surface area contributed by atoms with Gasteiger partial charge < -0.3 is 4.74 Å². The normalized spacial score (nSPS) is 10.4. The van der Waals surface area contributed by atoms with E-state index in [0.29, 0.717) is 16.9 Å². The molecule has 4 heteroatoms. The minimum Gasteiger partial charge on any atom is -0.488 e. The van der Waals surface area contributed by atoms with Crippen molar-refractivity contribution in [2.75, 3.05) is 0 Å². The average molecular weight is 337 g/mol. The fraction of sp³-hybridized carbons (Fsp3) is 0.188. The van der Waals surface area contributed by atoms with Crippen LogP contribution in [0.25, 0.3) is 0 Å². The number of aldehydes is 1. The summed E-state index contributed by atoms with van der Waals surface area (Å²) in [6, 6.07) is 8.26. The van der Waals surface area contributed by atoms with E-state index in [4.69, 9.17) is 4.74 Å². The maximum absolute atomic E-state index is 13.6. The molecule has 2 nitrogen and oxygen atoms in total. The molecule has 0 atom stereocenters. The maximum atomic E-state index is 13.6. The van der Waals surface area contributed by atoms with Crippen LogP contribution < -0.4 is 4.74 Å². The number of ether oxygens (including phenoxy) is 1. The molecule has 0 aromatic heterocycles. The summed E-state index contributed by atoms with van der Waals surface area (Å²) in [7, 11) is 0. The summed E-state index contributed by atoms with van der Waals surface area (Å²) >= 11 is 3.31. The van der Waals surface area contributed by atoms with Crippen LogP contribution in [0.1, 0.15) is 27.0 Å². The van der Waals surface area contributed by atoms with E-state index in [0.717, 1.165) is 21.9 Å². The van der Waals surface area contributed by atoms with Crippen molar-refractivity contribution in [3.05, 3.63) is 62.9 Å². The predicted octanol–water partition coefficient (Wildman–Crippen LogP) is 4.60. The molecule has 0 amide bonds. The number of rotatable bonds is 4. The van der Waals surface area contributed by atoms with Gasteiger partial charge in [-0.25, -0.2) is 4.39 Å². The first-order valence-corrected chi connectivity index (χ1v) is 6.93. The van der Waals surface area contributed by atoms with E-state index in [1.165, 1.54) is 6.07 Å². The lowest BCUT2D eigenvalue weighted by atomic mass is 10.1. The van der Waals surface area contributed by atoms with Crippen molar-refractivity contribution >= 4 is 22.2 Å². The molecule has 0 bridgehead atoms. The van der Waals surface area contributed by atoms with E-state index in [1.807, 2.05) is 13.8 Å². The van der Waals surface area contributed by atoms with Crippen LogP contribution in [0.3, 0.4) is 0 Å². The Morgan fingerprint density at radius 3 is 2.45 bits per heavy atom. The number of carbonyl (C=O) groups excluding carboxylic acids is 1. The number of hydrogen-bond acceptors (Lipinski definition) is 2. The molecule has 0 radical (unpaired) electrons. The zero-order valence-electron chi connectivity index (χ0n) is 11.2. The third-order valence-electron chi connectivity index (χ3n) is 3.00. The Balaban J connectivity index is 2.23. The number of carbonyl (C=O) groups is 1. The molecule has 0 spiro atoms. The monoisotopic (exact) mass is 336 g/mol. The summed E-state index contributed by atoms with van der Waals surface area (Å²) in [6.45, 7) is 3.88. The zero-order chi connectivity index (χ0) is 14.7. The third kappa shape index (κ3) is 3.25. The van der Waals surface area contributed by atoms with Crippen LogP contribution in [0.15, 0.2) is 34.8 Å². The van der Waals surface area contributed by atoms with E-state index < -0.39 is 0 Å². The molecule has 0 saturated carbocycles. The summed E-state index contributed by atoms with van der Waals surface area (Å²) in [5, 5.41) is 0. The average Bonchev–Trinajstić information content (AvgIpc) is 2.41. The number of halogens is 2. The summed E-state index contributed by atoms with van der Waals surface area (Å²) in [4.78, 5) is 10.8. The van der Waals surface area contributed by atoms with Gasteiger partial charge in [0.1, 0.15) is 24.5 Å². The van der Waals surface area contributed by atoms with Crippen LogP contribution in [-0.2, 0) is 6.61 Å². The Morgan fingerprint density at radius 2 is 1.85 bits per heavy atom. The van der Waals surface area contributed by atoms with Gasteiger partial charge in [0, 0.05) is 15.6 Å². The molecule has 0 N–H and O–H groups in total. The van der Waals surface area contributed by atoms with Crippen LogP contribution in [0.5, 0.6) is 5.75 Å². The van der Waals surface area contributed by atoms with Crippen molar-refractivity contribution in [2.45, 2.75) is 20.5 Å². The Morgan fingerprint density at radius 1 is 1.20 bits per heavy atom. The van der Waals surface area contributed by atoms with Gasteiger partial charge in [-0.2, -0.15) is 0 Å². The lowest BCUT2D eigenvalue weighted by Crippen LogP contribution is -2.02. The SMILES string of the molecule is Cc1cc(C=O)cc(C)c1OCc1cc(Br)ccc1F. The molecule has 0 aliphatic carbocycles. The quantitative estimate of drug-likeness (QED) is 0.763. The highest BCUT2D eigenvalue weighted by Gasteiger charge is 2.09. The van der Waals surface area contributed by atoms with Gasteiger partial charge in [0.25, 0.3) is 0 Å². The van der Waals surface area contributed by atoms with Crippen molar-refractivity contribution in [1.29, 1.82) is 0 Å². The Labute approximate surface area is 125 Å². The van der Waals surface area contributed by atoms with Gasteiger partial charge in [0.05, 0.1) is 0 Å². The van der Waals surface area contributed by atoms with Crippen molar-refractivity contribution in [2.24, 2.45) is 0 Å². The number of hydrogen-bond donors (Lipinski definition) is 0. The Bertz CT molecular complexity index is 630. The van der Waals surface area contributed by atoms with Crippen LogP contribution in [0, 0.1) is 19.7 Å². The molecule has 0 saturated heterocycles. The second kappa shape index (κ2) is 6.18. The van der Waals surface area contributed by atoms with E-state index in [-0.39, 0.29) is 12.4 Å². The molecule has 0 aliphatic heterocycles. The molecule has 2 aromatic carbocycles. The highest BCUT2D eigenvalue weighted by molar-refractivity contribution is 9.10. The van der Waals surface area contributed by atoms with Gasteiger partial charge in [-0.1, -0.05) is 15.9 Å². The van der Waals surface area contributed by atoms with Crippen molar-refractivity contribution in [3.8, 4) is 5.75 Å². The minimum absolute atomic E-state index is 0.146. The molecule has 104 valence electrons.